The van der Waals surface area contributed by atoms with Crippen molar-refractivity contribution in [3.8, 4) is 0 Å². The summed E-state index contributed by atoms with van der Waals surface area (Å²) in [6.07, 6.45) is 2.11. The monoisotopic (exact) mass is 232 g/mol. The molecule has 4 nitrogen and oxygen atoms in total. The van der Waals surface area contributed by atoms with E-state index < -0.39 is 11.7 Å². The fraction of sp³-hybridized carbons (Fsp3) is 1.00. The first kappa shape index (κ1) is 13.9. The summed E-state index contributed by atoms with van der Waals surface area (Å²) in [5, 5.41) is 38.4. The predicted molar refractivity (Wildman–Crippen MR) is 60.9 cm³/mol. The Labute approximate surface area is 96.9 Å². The van der Waals surface area contributed by atoms with E-state index in [0.29, 0.717) is 38.5 Å². The molecular weight excluding hydrogens is 208 g/mol. The molecule has 1 fully saturated rings. The molecule has 0 aromatic heterocycles. The van der Waals surface area contributed by atoms with Crippen molar-refractivity contribution < 1.29 is 20.4 Å². The fourth-order valence-electron chi connectivity index (χ4n) is 2.37. The molecule has 96 valence electrons. The molecule has 0 bridgehead atoms. The number of aliphatic hydroxyl groups is 4. The molecular formula is C12H24O4. The Morgan fingerprint density at radius 1 is 1.31 bits per heavy atom. The lowest BCUT2D eigenvalue weighted by atomic mass is 9.77. The van der Waals surface area contributed by atoms with E-state index in [-0.39, 0.29) is 18.6 Å². The van der Waals surface area contributed by atoms with Crippen molar-refractivity contribution in [1.29, 1.82) is 0 Å². The van der Waals surface area contributed by atoms with E-state index in [1.165, 1.54) is 0 Å². The minimum atomic E-state index is -1.04. The van der Waals surface area contributed by atoms with Crippen LogP contribution in [-0.4, -0.2) is 44.8 Å². The molecule has 1 saturated carbocycles. The second-order valence-corrected chi connectivity index (χ2v) is 5.20. The van der Waals surface area contributed by atoms with Gasteiger partial charge in [-0.3, -0.25) is 0 Å². The van der Waals surface area contributed by atoms with Crippen LogP contribution in [0.3, 0.4) is 0 Å². The second-order valence-electron chi connectivity index (χ2n) is 5.20. The lowest BCUT2D eigenvalue weighted by Crippen LogP contribution is -2.46. The molecule has 0 saturated heterocycles. The third-order valence-corrected chi connectivity index (χ3v) is 3.69. The van der Waals surface area contributed by atoms with Gasteiger partial charge in [-0.2, -0.15) is 0 Å². The van der Waals surface area contributed by atoms with Gasteiger partial charge in [0.15, 0.2) is 0 Å². The van der Waals surface area contributed by atoms with Crippen LogP contribution in [0.15, 0.2) is 0 Å². The highest BCUT2D eigenvalue weighted by molar-refractivity contribution is 4.91. The standard InChI is InChI=1S/C12H24O4/c1-9(4-7-13)8-11(15)12(16)5-2-10(14)3-6-12/h9-11,13-16H,2-8H2,1H3. The van der Waals surface area contributed by atoms with Crippen LogP contribution >= 0.6 is 0 Å². The van der Waals surface area contributed by atoms with Crippen LogP contribution in [0.25, 0.3) is 0 Å². The zero-order chi connectivity index (χ0) is 12.2. The normalized spacial score (nSPS) is 34.7. The van der Waals surface area contributed by atoms with Crippen LogP contribution in [0.2, 0.25) is 0 Å². The zero-order valence-electron chi connectivity index (χ0n) is 9.97. The topological polar surface area (TPSA) is 80.9 Å². The summed E-state index contributed by atoms with van der Waals surface area (Å²) in [5.41, 5.74) is -1.04. The molecule has 1 rings (SSSR count). The highest BCUT2D eigenvalue weighted by atomic mass is 16.3. The Morgan fingerprint density at radius 2 is 1.88 bits per heavy atom. The van der Waals surface area contributed by atoms with E-state index in [9.17, 15) is 15.3 Å². The van der Waals surface area contributed by atoms with Gasteiger partial charge < -0.3 is 20.4 Å². The van der Waals surface area contributed by atoms with E-state index in [4.69, 9.17) is 5.11 Å². The van der Waals surface area contributed by atoms with Crippen LogP contribution < -0.4 is 0 Å². The summed E-state index contributed by atoms with van der Waals surface area (Å²) in [6, 6.07) is 0. The minimum absolute atomic E-state index is 0.116. The maximum absolute atomic E-state index is 10.3. The van der Waals surface area contributed by atoms with Crippen LogP contribution in [0.4, 0.5) is 0 Å². The summed E-state index contributed by atoms with van der Waals surface area (Å²) >= 11 is 0. The van der Waals surface area contributed by atoms with Crippen LogP contribution in [-0.2, 0) is 0 Å². The van der Waals surface area contributed by atoms with Crippen molar-refractivity contribution >= 4 is 0 Å². The second kappa shape index (κ2) is 5.96. The summed E-state index contributed by atoms with van der Waals surface area (Å²) < 4.78 is 0. The molecule has 16 heavy (non-hydrogen) atoms. The largest absolute Gasteiger partial charge is 0.396 e. The predicted octanol–water partition coefficient (Wildman–Crippen LogP) is 0.422. The Morgan fingerprint density at radius 3 is 2.38 bits per heavy atom. The Bertz CT molecular complexity index is 199. The van der Waals surface area contributed by atoms with Crippen molar-refractivity contribution in [2.24, 2.45) is 5.92 Å². The summed E-state index contributed by atoms with van der Waals surface area (Å²) in [7, 11) is 0. The molecule has 0 spiro atoms. The Kier molecular flexibility index (Phi) is 5.18. The number of rotatable bonds is 5. The van der Waals surface area contributed by atoms with Gasteiger partial charge in [0, 0.05) is 6.61 Å². The van der Waals surface area contributed by atoms with Gasteiger partial charge >= 0.3 is 0 Å². The van der Waals surface area contributed by atoms with Crippen molar-refractivity contribution in [3.05, 3.63) is 0 Å². The summed E-state index contributed by atoms with van der Waals surface area (Å²) in [6.45, 7) is 2.07. The molecule has 4 heteroatoms. The van der Waals surface area contributed by atoms with E-state index >= 15 is 0 Å². The molecule has 0 amide bonds. The molecule has 0 aliphatic heterocycles. The molecule has 2 unspecified atom stereocenters. The van der Waals surface area contributed by atoms with Crippen LogP contribution in [0.1, 0.15) is 45.4 Å². The van der Waals surface area contributed by atoms with Gasteiger partial charge in [0.05, 0.1) is 17.8 Å². The van der Waals surface area contributed by atoms with Crippen LogP contribution in [0, 0.1) is 5.92 Å². The van der Waals surface area contributed by atoms with Crippen molar-refractivity contribution in [1.82, 2.24) is 0 Å². The van der Waals surface area contributed by atoms with Gasteiger partial charge in [0.1, 0.15) is 0 Å². The van der Waals surface area contributed by atoms with Gasteiger partial charge in [-0.05, 0) is 44.4 Å². The van der Waals surface area contributed by atoms with E-state index in [0.717, 1.165) is 0 Å². The molecule has 0 aromatic carbocycles. The first-order valence-electron chi connectivity index (χ1n) is 6.17. The third kappa shape index (κ3) is 3.70. The van der Waals surface area contributed by atoms with E-state index in [2.05, 4.69) is 0 Å². The first-order chi connectivity index (χ1) is 7.48. The minimum Gasteiger partial charge on any atom is -0.396 e. The lowest BCUT2D eigenvalue weighted by Gasteiger charge is -2.38. The first-order valence-corrected chi connectivity index (χ1v) is 6.17. The van der Waals surface area contributed by atoms with Crippen molar-refractivity contribution in [2.75, 3.05) is 6.61 Å². The van der Waals surface area contributed by atoms with E-state index in [1.54, 1.807) is 0 Å². The quantitative estimate of drug-likeness (QED) is 0.554. The SMILES string of the molecule is CC(CCO)CC(O)C1(O)CCC(O)CC1. The fourth-order valence-corrected chi connectivity index (χ4v) is 2.37. The summed E-state index contributed by atoms with van der Waals surface area (Å²) in [5.74, 6) is 0.205. The molecule has 1 aliphatic rings. The lowest BCUT2D eigenvalue weighted by molar-refractivity contribution is -0.119. The highest BCUT2D eigenvalue weighted by Gasteiger charge is 2.39. The zero-order valence-corrected chi connectivity index (χ0v) is 9.97. The Hall–Kier alpha value is -0.160. The average molecular weight is 232 g/mol. The molecule has 0 aromatic rings. The molecule has 0 heterocycles. The molecule has 1 aliphatic carbocycles. The Balaban J connectivity index is 2.42. The maximum Gasteiger partial charge on any atom is 0.0907 e. The molecule has 4 N–H and O–H groups in total. The van der Waals surface area contributed by atoms with Crippen molar-refractivity contribution in [2.45, 2.75) is 63.3 Å². The number of aliphatic hydroxyl groups excluding tert-OH is 3. The van der Waals surface area contributed by atoms with Crippen LogP contribution in [0.5, 0.6) is 0 Å². The molecule has 2 atom stereocenters. The van der Waals surface area contributed by atoms with E-state index in [1.807, 2.05) is 6.92 Å². The molecule has 0 radical (unpaired) electrons. The number of hydrogen-bond donors (Lipinski definition) is 4. The van der Waals surface area contributed by atoms with Gasteiger partial charge in [0.2, 0.25) is 0 Å². The van der Waals surface area contributed by atoms with Gasteiger partial charge in [-0.1, -0.05) is 6.92 Å². The van der Waals surface area contributed by atoms with Crippen molar-refractivity contribution in [3.63, 3.8) is 0 Å². The van der Waals surface area contributed by atoms with Gasteiger partial charge in [0.25, 0.3) is 0 Å². The van der Waals surface area contributed by atoms with Gasteiger partial charge in [-0.15, -0.1) is 0 Å². The van der Waals surface area contributed by atoms with Gasteiger partial charge in [-0.25, -0.2) is 0 Å². The highest BCUT2D eigenvalue weighted by Crippen LogP contribution is 2.33. The number of hydrogen-bond acceptors (Lipinski definition) is 4. The summed E-state index contributed by atoms with van der Waals surface area (Å²) in [4.78, 5) is 0. The average Bonchev–Trinajstić information content (AvgIpc) is 2.23. The smallest absolute Gasteiger partial charge is 0.0907 e. The maximum atomic E-state index is 10.3. The third-order valence-electron chi connectivity index (χ3n) is 3.69.